The van der Waals surface area contributed by atoms with Crippen molar-refractivity contribution >= 4 is 11.6 Å². The molecule has 0 aliphatic carbocycles. The molecular formula is C15H18ClNO. The molecule has 1 N–H and O–H groups in total. The lowest BCUT2D eigenvalue weighted by Gasteiger charge is -2.17. The van der Waals surface area contributed by atoms with Gasteiger partial charge in [-0.15, -0.1) is 0 Å². The summed E-state index contributed by atoms with van der Waals surface area (Å²) in [7, 11) is 0. The molecule has 1 aromatic heterocycles. The average Bonchev–Trinajstić information content (AvgIpc) is 2.76. The molecule has 96 valence electrons. The largest absolute Gasteiger partial charge is 0.469 e. The van der Waals surface area contributed by atoms with Crippen molar-refractivity contribution < 1.29 is 4.42 Å². The van der Waals surface area contributed by atoms with Gasteiger partial charge in [0.2, 0.25) is 0 Å². The first kappa shape index (κ1) is 13.2. The Bertz CT molecular complexity index is 533. The number of hydrogen-bond acceptors (Lipinski definition) is 2. The molecule has 2 nitrogen and oxygen atoms in total. The normalized spacial score (nSPS) is 12.7. The molecule has 0 radical (unpaired) electrons. The maximum absolute atomic E-state index is 6.20. The summed E-state index contributed by atoms with van der Waals surface area (Å²) in [6.07, 6.45) is 1.80. The highest BCUT2D eigenvalue weighted by atomic mass is 35.5. The Morgan fingerprint density at radius 1 is 1.22 bits per heavy atom. The Kier molecular flexibility index (Phi) is 4.10. The molecule has 0 spiro atoms. The van der Waals surface area contributed by atoms with Crippen molar-refractivity contribution in [2.45, 2.75) is 26.8 Å². The van der Waals surface area contributed by atoms with Gasteiger partial charge in [-0.1, -0.05) is 30.7 Å². The Hall–Kier alpha value is -1.25. The first-order valence-corrected chi connectivity index (χ1v) is 6.54. The van der Waals surface area contributed by atoms with Crippen LogP contribution in [0.3, 0.4) is 0 Å². The Balaban J connectivity index is 2.37. The molecule has 0 aliphatic rings. The van der Waals surface area contributed by atoms with Gasteiger partial charge in [0, 0.05) is 10.6 Å². The van der Waals surface area contributed by atoms with Gasteiger partial charge in [-0.3, -0.25) is 0 Å². The van der Waals surface area contributed by atoms with Crippen LogP contribution in [0.4, 0.5) is 0 Å². The van der Waals surface area contributed by atoms with Crippen LogP contribution in [-0.4, -0.2) is 6.54 Å². The lowest BCUT2D eigenvalue weighted by Crippen LogP contribution is -2.21. The summed E-state index contributed by atoms with van der Waals surface area (Å²) in [6.45, 7) is 6.95. The zero-order chi connectivity index (χ0) is 13.1. The number of rotatable bonds is 4. The topological polar surface area (TPSA) is 25.2 Å². The van der Waals surface area contributed by atoms with Crippen molar-refractivity contribution in [2.75, 3.05) is 6.54 Å². The SMILES string of the molecule is CCNC(c1coc(C)c1)c1ccc(C)c(Cl)c1. The minimum absolute atomic E-state index is 0.130. The summed E-state index contributed by atoms with van der Waals surface area (Å²) < 4.78 is 5.39. The number of hydrogen-bond donors (Lipinski definition) is 1. The summed E-state index contributed by atoms with van der Waals surface area (Å²) in [5, 5.41) is 4.26. The van der Waals surface area contributed by atoms with E-state index in [1.807, 2.05) is 19.9 Å². The van der Waals surface area contributed by atoms with Crippen molar-refractivity contribution in [3.63, 3.8) is 0 Å². The maximum Gasteiger partial charge on any atom is 0.101 e. The fourth-order valence-electron chi connectivity index (χ4n) is 2.04. The molecule has 18 heavy (non-hydrogen) atoms. The van der Waals surface area contributed by atoms with E-state index in [1.165, 1.54) is 0 Å². The summed E-state index contributed by atoms with van der Waals surface area (Å²) in [5.41, 5.74) is 3.39. The maximum atomic E-state index is 6.20. The lowest BCUT2D eigenvalue weighted by molar-refractivity contribution is 0.525. The highest BCUT2D eigenvalue weighted by Crippen LogP contribution is 2.27. The molecule has 0 fully saturated rings. The van der Waals surface area contributed by atoms with Crippen LogP contribution in [0.1, 0.15) is 35.4 Å². The van der Waals surface area contributed by atoms with Crippen molar-refractivity contribution in [2.24, 2.45) is 0 Å². The van der Waals surface area contributed by atoms with Gasteiger partial charge in [0.05, 0.1) is 12.3 Å². The molecular weight excluding hydrogens is 246 g/mol. The van der Waals surface area contributed by atoms with Gasteiger partial charge < -0.3 is 9.73 Å². The Morgan fingerprint density at radius 3 is 2.56 bits per heavy atom. The number of aryl methyl sites for hydroxylation is 2. The van der Waals surface area contributed by atoms with E-state index in [1.54, 1.807) is 6.26 Å². The van der Waals surface area contributed by atoms with E-state index < -0.39 is 0 Å². The van der Waals surface area contributed by atoms with Gasteiger partial charge in [0.15, 0.2) is 0 Å². The first-order valence-electron chi connectivity index (χ1n) is 6.16. The molecule has 0 bridgehead atoms. The fraction of sp³-hybridized carbons (Fsp3) is 0.333. The third-order valence-corrected chi connectivity index (χ3v) is 3.43. The molecule has 1 unspecified atom stereocenters. The standard InChI is InChI=1S/C15H18ClNO/c1-4-17-15(13-7-11(3)18-9-13)12-6-5-10(2)14(16)8-12/h5-9,15,17H,4H2,1-3H3. The van der Waals surface area contributed by atoms with Crippen LogP contribution >= 0.6 is 11.6 Å². The van der Waals surface area contributed by atoms with E-state index in [0.717, 1.165) is 34.0 Å². The van der Waals surface area contributed by atoms with E-state index >= 15 is 0 Å². The molecule has 0 aliphatic heterocycles. The van der Waals surface area contributed by atoms with Crippen molar-refractivity contribution in [3.05, 3.63) is 58.0 Å². The van der Waals surface area contributed by atoms with Crippen molar-refractivity contribution in [3.8, 4) is 0 Å². The van der Waals surface area contributed by atoms with Crippen LogP contribution in [0, 0.1) is 13.8 Å². The van der Waals surface area contributed by atoms with Gasteiger partial charge in [-0.25, -0.2) is 0 Å². The van der Waals surface area contributed by atoms with Crippen molar-refractivity contribution in [1.82, 2.24) is 5.32 Å². The Labute approximate surface area is 113 Å². The predicted molar refractivity (Wildman–Crippen MR) is 75.2 cm³/mol. The van der Waals surface area contributed by atoms with Crippen LogP contribution in [0.15, 0.2) is 34.9 Å². The third kappa shape index (κ3) is 2.77. The second-order valence-electron chi connectivity index (χ2n) is 4.49. The second kappa shape index (κ2) is 5.59. The first-order chi connectivity index (χ1) is 8.61. The summed E-state index contributed by atoms with van der Waals surface area (Å²) in [4.78, 5) is 0. The molecule has 0 amide bonds. The number of furan rings is 1. The van der Waals surface area contributed by atoms with Crippen LogP contribution in [0.2, 0.25) is 5.02 Å². The minimum atomic E-state index is 0.130. The molecule has 0 saturated carbocycles. The molecule has 3 heteroatoms. The summed E-state index contributed by atoms with van der Waals surface area (Å²) in [6, 6.07) is 8.37. The highest BCUT2D eigenvalue weighted by Gasteiger charge is 2.15. The van der Waals surface area contributed by atoms with E-state index in [-0.39, 0.29) is 6.04 Å². The molecule has 1 aromatic carbocycles. The van der Waals surface area contributed by atoms with E-state index in [4.69, 9.17) is 16.0 Å². The lowest BCUT2D eigenvalue weighted by atomic mass is 10.00. The van der Waals surface area contributed by atoms with E-state index in [2.05, 4.69) is 30.4 Å². The molecule has 0 saturated heterocycles. The highest BCUT2D eigenvalue weighted by molar-refractivity contribution is 6.31. The monoisotopic (exact) mass is 263 g/mol. The predicted octanol–water partition coefficient (Wildman–Crippen LogP) is 4.25. The smallest absolute Gasteiger partial charge is 0.101 e. The quantitative estimate of drug-likeness (QED) is 0.892. The number of halogens is 1. The van der Waals surface area contributed by atoms with Gasteiger partial charge in [0.25, 0.3) is 0 Å². The second-order valence-corrected chi connectivity index (χ2v) is 4.90. The van der Waals surface area contributed by atoms with Gasteiger partial charge in [-0.05, 0) is 43.7 Å². The van der Waals surface area contributed by atoms with Crippen molar-refractivity contribution in [1.29, 1.82) is 0 Å². The molecule has 2 aromatic rings. The molecule has 2 rings (SSSR count). The fourth-order valence-corrected chi connectivity index (χ4v) is 2.23. The zero-order valence-corrected chi connectivity index (χ0v) is 11.7. The summed E-state index contributed by atoms with van der Waals surface area (Å²) in [5.74, 6) is 0.922. The van der Waals surface area contributed by atoms with Crippen LogP contribution in [-0.2, 0) is 0 Å². The van der Waals surface area contributed by atoms with E-state index in [0.29, 0.717) is 0 Å². The van der Waals surface area contributed by atoms with Gasteiger partial charge >= 0.3 is 0 Å². The van der Waals surface area contributed by atoms with Gasteiger partial charge in [0.1, 0.15) is 5.76 Å². The average molecular weight is 264 g/mol. The molecule has 1 atom stereocenters. The Morgan fingerprint density at radius 2 is 2.00 bits per heavy atom. The van der Waals surface area contributed by atoms with Gasteiger partial charge in [-0.2, -0.15) is 0 Å². The third-order valence-electron chi connectivity index (χ3n) is 3.02. The number of benzene rings is 1. The minimum Gasteiger partial charge on any atom is -0.469 e. The van der Waals surface area contributed by atoms with Crippen LogP contribution in [0.25, 0.3) is 0 Å². The van der Waals surface area contributed by atoms with E-state index in [9.17, 15) is 0 Å². The van der Waals surface area contributed by atoms with Crippen LogP contribution in [0.5, 0.6) is 0 Å². The van der Waals surface area contributed by atoms with Crippen LogP contribution < -0.4 is 5.32 Å². The zero-order valence-electron chi connectivity index (χ0n) is 11.0. The summed E-state index contributed by atoms with van der Waals surface area (Å²) >= 11 is 6.20. The molecule has 1 heterocycles. The number of nitrogens with one attached hydrogen (secondary N) is 1.